The van der Waals surface area contributed by atoms with E-state index in [1.807, 2.05) is 13.8 Å². The van der Waals surface area contributed by atoms with Gasteiger partial charge in [0.15, 0.2) is 0 Å². The van der Waals surface area contributed by atoms with Gasteiger partial charge in [-0.25, -0.2) is 4.98 Å². The average Bonchev–Trinajstić information content (AvgIpc) is 2.15. The van der Waals surface area contributed by atoms with Crippen molar-refractivity contribution in [2.45, 2.75) is 39.7 Å². The summed E-state index contributed by atoms with van der Waals surface area (Å²) in [4.78, 5) is 15.8. The summed E-state index contributed by atoms with van der Waals surface area (Å²) < 4.78 is 1.66. The van der Waals surface area contributed by atoms with Crippen molar-refractivity contribution in [1.29, 1.82) is 5.26 Å². The first-order valence-corrected chi connectivity index (χ1v) is 5.07. The van der Waals surface area contributed by atoms with E-state index in [4.69, 9.17) is 5.26 Å². The van der Waals surface area contributed by atoms with Gasteiger partial charge in [0.2, 0.25) is 0 Å². The van der Waals surface area contributed by atoms with Crippen LogP contribution in [0.4, 0.5) is 0 Å². The molecular formula is C11H15N3O. The van der Waals surface area contributed by atoms with Gasteiger partial charge >= 0.3 is 0 Å². The molecule has 0 aliphatic carbocycles. The molecule has 1 rings (SSSR count). The molecule has 0 fully saturated rings. The lowest BCUT2D eigenvalue weighted by Crippen LogP contribution is -2.23. The number of nitrogens with zero attached hydrogens (tertiary/aromatic N) is 3. The Hall–Kier alpha value is -1.63. The molecule has 1 heterocycles. The number of hydrogen-bond donors (Lipinski definition) is 0. The third-order valence-corrected chi connectivity index (χ3v) is 2.25. The van der Waals surface area contributed by atoms with Gasteiger partial charge in [-0.05, 0) is 26.7 Å². The summed E-state index contributed by atoms with van der Waals surface area (Å²) in [7, 11) is 0. The Balaban J connectivity index is 2.70. The Labute approximate surface area is 89.2 Å². The molecule has 1 aromatic heterocycles. The highest BCUT2D eigenvalue weighted by Crippen LogP contribution is 1.99. The molecule has 0 bridgehead atoms. The quantitative estimate of drug-likeness (QED) is 0.701. The average molecular weight is 205 g/mol. The Morgan fingerprint density at radius 3 is 2.80 bits per heavy atom. The minimum Gasteiger partial charge on any atom is -0.297 e. The van der Waals surface area contributed by atoms with Gasteiger partial charge in [-0.1, -0.05) is 0 Å². The first kappa shape index (κ1) is 11.4. The van der Waals surface area contributed by atoms with E-state index >= 15 is 0 Å². The van der Waals surface area contributed by atoms with Crippen molar-refractivity contribution in [3.8, 4) is 6.07 Å². The van der Waals surface area contributed by atoms with Crippen molar-refractivity contribution in [3.05, 3.63) is 27.9 Å². The van der Waals surface area contributed by atoms with Crippen LogP contribution < -0.4 is 5.56 Å². The highest BCUT2D eigenvalue weighted by Gasteiger charge is 2.01. The summed E-state index contributed by atoms with van der Waals surface area (Å²) in [5.41, 5.74) is 0.753. The molecule has 15 heavy (non-hydrogen) atoms. The second kappa shape index (κ2) is 5.30. The smallest absolute Gasteiger partial charge is 0.253 e. The topological polar surface area (TPSA) is 58.7 Å². The van der Waals surface area contributed by atoms with E-state index in [-0.39, 0.29) is 5.56 Å². The third kappa shape index (κ3) is 3.21. The van der Waals surface area contributed by atoms with Gasteiger partial charge in [-0.15, -0.1) is 0 Å². The van der Waals surface area contributed by atoms with Gasteiger partial charge in [0, 0.05) is 24.7 Å². The Morgan fingerprint density at radius 2 is 2.20 bits per heavy atom. The molecule has 4 heteroatoms. The van der Waals surface area contributed by atoms with Crippen LogP contribution in [0.5, 0.6) is 0 Å². The predicted octanol–water partition coefficient (Wildman–Crippen LogP) is 1.55. The summed E-state index contributed by atoms with van der Waals surface area (Å²) in [5.74, 6) is 0.747. The molecule has 0 spiro atoms. The fourth-order valence-corrected chi connectivity index (χ4v) is 1.51. The van der Waals surface area contributed by atoms with Crippen LogP contribution in [0, 0.1) is 25.2 Å². The van der Waals surface area contributed by atoms with Gasteiger partial charge in [0.25, 0.3) is 5.56 Å². The molecule has 0 unspecified atom stereocenters. The zero-order valence-corrected chi connectivity index (χ0v) is 9.16. The Morgan fingerprint density at radius 1 is 1.47 bits per heavy atom. The van der Waals surface area contributed by atoms with Crippen molar-refractivity contribution in [2.24, 2.45) is 0 Å². The van der Waals surface area contributed by atoms with Crippen molar-refractivity contribution in [1.82, 2.24) is 9.55 Å². The maximum absolute atomic E-state index is 11.6. The second-order valence-electron chi connectivity index (χ2n) is 3.55. The Kier molecular flexibility index (Phi) is 4.04. The summed E-state index contributed by atoms with van der Waals surface area (Å²) in [6.07, 6.45) is 2.22. The lowest BCUT2D eigenvalue weighted by Gasteiger charge is -2.08. The molecule has 0 saturated heterocycles. The van der Waals surface area contributed by atoms with Gasteiger partial charge < -0.3 is 0 Å². The van der Waals surface area contributed by atoms with Gasteiger partial charge in [0.05, 0.1) is 6.07 Å². The van der Waals surface area contributed by atoms with E-state index in [2.05, 4.69) is 11.1 Å². The van der Waals surface area contributed by atoms with Crippen molar-refractivity contribution in [3.63, 3.8) is 0 Å². The van der Waals surface area contributed by atoms with E-state index in [0.29, 0.717) is 13.0 Å². The standard InChI is InChI=1S/C11H15N3O/c1-9-8-11(15)14(10(2)13-9)7-5-3-4-6-12/h8H,3-5,7H2,1-2H3. The molecule has 1 aromatic rings. The van der Waals surface area contributed by atoms with Crippen LogP contribution in [0.25, 0.3) is 0 Å². The molecule has 4 nitrogen and oxygen atoms in total. The molecule has 0 aliphatic heterocycles. The van der Waals surface area contributed by atoms with Crippen molar-refractivity contribution < 1.29 is 0 Å². The lowest BCUT2D eigenvalue weighted by molar-refractivity contribution is 0.572. The minimum atomic E-state index is -0.00282. The summed E-state index contributed by atoms with van der Waals surface area (Å²) in [5, 5.41) is 8.38. The third-order valence-electron chi connectivity index (χ3n) is 2.25. The van der Waals surface area contributed by atoms with Gasteiger partial charge in [-0.3, -0.25) is 9.36 Å². The summed E-state index contributed by atoms with van der Waals surface area (Å²) in [6.45, 7) is 4.30. The highest BCUT2D eigenvalue weighted by molar-refractivity contribution is 5.01. The largest absolute Gasteiger partial charge is 0.297 e. The van der Waals surface area contributed by atoms with Crippen LogP contribution in [0.2, 0.25) is 0 Å². The number of aryl methyl sites for hydroxylation is 2. The first-order chi connectivity index (χ1) is 7.15. The molecule has 0 N–H and O–H groups in total. The number of unbranched alkanes of at least 4 members (excludes halogenated alkanes) is 2. The van der Waals surface area contributed by atoms with Gasteiger partial charge in [-0.2, -0.15) is 5.26 Å². The van der Waals surface area contributed by atoms with Crippen LogP contribution in [0.3, 0.4) is 0 Å². The van der Waals surface area contributed by atoms with E-state index in [1.165, 1.54) is 6.07 Å². The molecule has 80 valence electrons. The van der Waals surface area contributed by atoms with Crippen LogP contribution >= 0.6 is 0 Å². The zero-order valence-electron chi connectivity index (χ0n) is 9.16. The lowest BCUT2D eigenvalue weighted by atomic mass is 10.2. The van der Waals surface area contributed by atoms with Crippen LogP contribution in [-0.2, 0) is 6.54 Å². The summed E-state index contributed by atoms with van der Waals surface area (Å²) in [6, 6.07) is 3.63. The normalized spacial score (nSPS) is 9.93. The molecular weight excluding hydrogens is 190 g/mol. The molecule has 0 aliphatic rings. The fourth-order valence-electron chi connectivity index (χ4n) is 1.51. The maximum Gasteiger partial charge on any atom is 0.253 e. The molecule has 0 atom stereocenters. The number of aromatic nitrogens is 2. The summed E-state index contributed by atoms with van der Waals surface area (Å²) >= 11 is 0. The van der Waals surface area contributed by atoms with E-state index < -0.39 is 0 Å². The molecule has 0 saturated carbocycles. The number of rotatable bonds is 4. The fraction of sp³-hybridized carbons (Fsp3) is 0.545. The predicted molar refractivity (Wildman–Crippen MR) is 57.4 cm³/mol. The minimum absolute atomic E-state index is 0.00282. The molecule has 0 amide bonds. The Bertz CT molecular complexity index is 428. The van der Waals surface area contributed by atoms with Crippen molar-refractivity contribution >= 4 is 0 Å². The SMILES string of the molecule is Cc1cc(=O)n(CCCCC#N)c(C)n1. The maximum atomic E-state index is 11.6. The van der Waals surface area contributed by atoms with Crippen LogP contribution in [-0.4, -0.2) is 9.55 Å². The number of hydrogen-bond acceptors (Lipinski definition) is 3. The number of nitriles is 1. The van der Waals surface area contributed by atoms with E-state index in [0.717, 1.165) is 24.4 Å². The van der Waals surface area contributed by atoms with Crippen LogP contribution in [0.1, 0.15) is 30.8 Å². The first-order valence-electron chi connectivity index (χ1n) is 5.07. The molecule has 0 radical (unpaired) electrons. The highest BCUT2D eigenvalue weighted by atomic mass is 16.1. The van der Waals surface area contributed by atoms with Gasteiger partial charge in [0.1, 0.15) is 5.82 Å². The van der Waals surface area contributed by atoms with E-state index in [9.17, 15) is 4.79 Å². The zero-order chi connectivity index (χ0) is 11.3. The molecule has 0 aromatic carbocycles. The van der Waals surface area contributed by atoms with Crippen molar-refractivity contribution in [2.75, 3.05) is 0 Å². The van der Waals surface area contributed by atoms with Crippen LogP contribution in [0.15, 0.2) is 10.9 Å². The second-order valence-corrected chi connectivity index (χ2v) is 3.55. The monoisotopic (exact) mass is 205 g/mol. The van der Waals surface area contributed by atoms with E-state index in [1.54, 1.807) is 4.57 Å².